The summed E-state index contributed by atoms with van der Waals surface area (Å²) in [6.45, 7) is 0.378. The van der Waals surface area contributed by atoms with Crippen LogP contribution >= 0.6 is 11.8 Å². The minimum absolute atomic E-state index is 0.0286. The molecule has 0 heterocycles. The summed E-state index contributed by atoms with van der Waals surface area (Å²) >= 11 is 1.60. The van der Waals surface area contributed by atoms with Crippen LogP contribution in [0.1, 0.15) is 12.0 Å². The Labute approximate surface area is 115 Å². The summed E-state index contributed by atoms with van der Waals surface area (Å²) in [7, 11) is 0. The highest BCUT2D eigenvalue weighted by atomic mass is 32.2. The molecule has 0 aliphatic heterocycles. The van der Waals surface area contributed by atoms with Crippen LogP contribution in [0.15, 0.2) is 24.3 Å². The van der Waals surface area contributed by atoms with Gasteiger partial charge in [0.15, 0.2) is 0 Å². The van der Waals surface area contributed by atoms with Crippen molar-refractivity contribution >= 4 is 23.4 Å². The fourth-order valence-corrected chi connectivity index (χ4v) is 2.00. The van der Waals surface area contributed by atoms with E-state index in [1.54, 1.807) is 23.9 Å². The smallest absolute Gasteiger partial charge is 0.320 e. The van der Waals surface area contributed by atoms with Crippen LogP contribution in [0.25, 0.3) is 0 Å². The van der Waals surface area contributed by atoms with Gasteiger partial charge in [0.25, 0.3) is 5.69 Å². The zero-order valence-electron chi connectivity index (χ0n) is 10.5. The Morgan fingerprint density at radius 3 is 2.58 bits per heavy atom. The average molecular weight is 284 g/mol. The number of benzene rings is 1. The molecule has 1 aromatic carbocycles. The maximum absolute atomic E-state index is 11.0. The van der Waals surface area contributed by atoms with Crippen molar-refractivity contribution in [2.75, 3.05) is 12.0 Å². The Hall–Kier alpha value is -1.60. The average Bonchev–Trinajstić information content (AvgIpc) is 2.39. The molecule has 2 N–H and O–H groups in total. The summed E-state index contributed by atoms with van der Waals surface area (Å²) in [4.78, 5) is 21.0. The molecule has 0 spiro atoms. The molecule has 1 rings (SSSR count). The Kier molecular flexibility index (Phi) is 6.31. The van der Waals surface area contributed by atoms with Crippen molar-refractivity contribution in [3.63, 3.8) is 0 Å². The second kappa shape index (κ2) is 7.75. The first-order valence-electron chi connectivity index (χ1n) is 5.73. The van der Waals surface area contributed by atoms with Crippen molar-refractivity contribution in [2.24, 2.45) is 0 Å². The molecule has 0 aliphatic carbocycles. The first-order chi connectivity index (χ1) is 9.04. The highest BCUT2D eigenvalue weighted by molar-refractivity contribution is 7.98. The molecule has 19 heavy (non-hydrogen) atoms. The lowest BCUT2D eigenvalue weighted by molar-refractivity contribution is -0.384. The number of nitro groups is 1. The number of nitro benzene ring substituents is 1. The van der Waals surface area contributed by atoms with Crippen molar-refractivity contribution in [2.45, 2.75) is 19.0 Å². The number of hydrogen-bond donors (Lipinski definition) is 2. The fourth-order valence-electron chi connectivity index (χ4n) is 1.53. The maximum Gasteiger partial charge on any atom is 0.320 e. The van der Waals surface area contributed by atoms with E-state index < -0.39 is 16.9 Å². The van der Waals surface area contributed by atoms with Gasteiger partial charge in [-0.2, -0.15) is 11.8 Å². The van der Waals surface area contributed by atoms with Crippen LogP contribution < -0.4 is 5.32 Å². The van der Waals surface area contributed by atoms with Crippen molar-refractivity contribution < 1.29 is 14.8 Å². The van der Waals surface area contributed by atoms with Crippen LogP contribution in [0.2, 0.25) is 0 Å². The lowest BCUT2D eigenvalue weighted by atomic mass is 10.1. The number of carbonyl (C=O) groups is 1. The van der Waals surface area contributed by atoms with E-state index in [4.69, 9.17) is 5.11 Å². The molecule has 0 fully saturated rings. The predicted molar refractivity (Wildman–Crippen MR) is 74.4 cm³/mol. The molecule has 0 aliphatic rings. The number of aliphatic carboxylic acids is 1. The maximum atomic E-state index is 11.0. The SMILES string of the molecule is CSCC[C@@H](NCc1ccc([N+](=O)[O-])cc1)C(=O)O. The van der Waals surface area contributed by atoms with Crippen LogP contribution in [0.5, 0.6) is 0 Å². The number of carboxylic acid groups (broad SMARTS) is 1. The van der Waals surface area contributed by atoms with Crippen molar-refractivity contribution in [3.05, 3.63) is 39.9 Å². The van der Waals surface area contributed by atoms with Gasteiger partial charge in [-0.1, -0.05) is 12.1 Å². The normalized spacial score (nSPS) is 12.1. The Morgan fingerprint density at radius 2 is 2.11 bits per heavy atom. The first kappa shape index (κ1) is 15.5. The van der Waals surface area contributed by atoms with Gasteiger partial charge < -0.3 is 10.4 Å². The first-order valence-corrected chi connectivity index (χ1v) is 7.12. The molecule has 0 saturated heterocycles. The third-order valence-electron chi connectivity index (χ3n) is 2.61. The van der Waals surface area contributed by atoms with E-state index in [1.165, 1.54) is 12.1 Å². The minimum atomic E-state index is -0.879. The van der Waals surface area contributed by atoms with Crippen LogP contribution in [-0.4, -0.2) is 34.0 Å². The summed E-state index contributed by atoms with van der Waals surface area (Å²) in [5.41, 5.74) is 0.849. The van der Waals surface area contributed by atoms with E-state index in [1.807, 2.05) is 6.26 Å². The predicted octanol–water partition coefficient (Wildman–Crippen LogP) is 1.89. The van der Waals surface area contributed by atoms with Gasteiger partial charge in [-0.05, 0) is 24.0 Å². The van der Waals surface area contributed by atoms with Crippen molar-refractivity contribution in [3.8, 4) is 0 Å². The molecular formula is C12H16N2O4S. The molecule has 1 aromatic rings. The van der Waals surface area contributed by atoms with Crippen LogP contribution in [0.3, 0.4) is 0 Å². The fraction of sp³-hybridized carbons (Fsp3) is 0.417. The largest absolute Gasteiger partial charge is 0.480 e. The molecule has 0 amide bonds. The van der Waals surface area contributed by atoms with E-state index in [0.29, 0.717) is 13.0 Å². The van der Waals surface area contributed by atoms with Crippen molar-refractivity contribution in [1.82, 2.24) is 5.32 Å². The summed E-state index contributed by atoms with van der Waals surface area (Å²) in [6.07, 6.45) is 2.47. The second-order valence-electron chi connectivity index (χ2n) is 3.98. The molecule has 1 atom stereocenters. The molecule has 0 unspecified atom stereocenters. The van der Waals surface area contributed by atoms with E-state index in [0.717, 1.165) is 11.3 Å². The molecule has 0 aromatic heterocycles. The molecule has 7 heteroatoms. The monoisotopic (exact) mass is 284 g/mol. The van der Waals surface area contributed by atoms with Gasteiger partial charge in [0, 0.05) is 18.7 Å². The van der Waals surface area contributed by atoms with Gasteiger partial charge >= 0.3 is 5.97 Å². The Morgan fingerprint density at radius 1 is 1.47 bits per heavy atom. The molecule has 0 saturated carbocycles. The number of thioether (sulfide) groups is 1. The topological polar surface area (TPSA) is 92.5 Å². The molecular weight excluding hydrogens is 268 g/mol. The van der Waals surface area contributed by atoms with Gasteiger partial charge in [-0.25, -0.2) is 0 Å². The lowest BCUT2D eigenvalue weighted by Gasteiger charge is -2.13. The van der Waals surface area contributed by atoms with E-state index >= 15 is 0 Å². The summed E-state index contributed by atoms with van der Waals surface area (Å²) in [5.74, 6) is -0.111. The molecule has 104 valence electrons. The van der Waals surface area contributed by atoms with Crippen LogP contribution in [-0.2, 0) is 11.3 Å². The molecule has 6 nitrogen and oxygen atoms in total. The lowest BCUT2D eigenvalue weighted by Crippen LogP contribution is -2.36. The quantitative estimate of drug-likeness (QED) is 0.559. The van der Waals surface area contributed by atoms with Crippen LogP contribution in [0, 0.1) is 10.1 Å². The van der Waals surface area contributed by atoms with E-state index in [9.17, 15) is 14.9 Å². The van der Waals surface area contributed by atoms with Crippen molar-refractivity contribution in [1.29, 1.82) is 0 Å². The van der Waals surface area contributed by atoms with E-state index in [-0.39, 0.29) is 5.69 Å². The minimum Gasteiger partial charge on any atom is -0.480 e. The summed E-state index contributed by atoms with van der Waals surface area (Å²) in [5, 5.41) is 22.5. The molecule has 0 radical (unpaired) electrons. The summed E-state index contributed by atoms with van der Waals surface area (Å²) in [6, 6.07) is 5.48. The zero-order chi connectivity index (χ0) is 14.3. The number of carboxylic acids is 1. The number of hydrogen-bond acceptors (Lipinski definition) is 5. The highest BCUT2D eigenvalue weighted by Gasteiger charge is 2.16. The summed E-state index contributed by atoms with van der Waals surface area (Å²) < 4.78 is 0. The number of nitrogens with zero attached hydrogens (tertiary/aromatic N) is 1. The van der Waals surface area contributed by atoms with Gasteiger partial charge in [-0.3, -0.25) is 14.9 Å². The number of rotatable bonds is 8. The number of nitrogens with one attached hydrogen (secondary N) is 1. The highest BCUT2D eigenvalue weighted by Crippen LogP contribution is 2.12. The van der Waals surface area contributed by atoms with Gasteiger partial charge in [0.05, 0.1) is 4.92 Å². The third kappa shape index (κ3) is 5.27. The molecule has 0 bridgehead atoms. The van der Waals surface area contributed by atoms with Gasteiger partial charge in [0.1, 0.15) is 6.04 Å². The van der Waals surface area contributed by atoms with E-state index in [2.05, 4.69) is 5.32 Å². The van der Waals surface area contributed by atoms with Gasteiger partial charge in [-0.15, -0.1) is 0 Å². The third-order valence-corrected chi connectivity index (χ3v) is 3.25. The zero-order valence-corrected chi connectivity index (χ0v) is 11.4. The van der Waals surface area contributed by atoms with Gasteiger partial charge in [0.2, 0.25) is 0 Å². The second-order valence-corrected chi connectivity index (χ2v) is 4.96. The van der Waals surface area contributed by atoms with Crippen LogP contribution in [0.4, 0.5) is 5.69 Å². The number of non-ortho nitro benzene ring substituents is 1. The Balaban J connectivity index is 2.54. The Bertz CT molecular complexity index is 436. The standard InChI is InChI=1S/C12H16N2O4S/c1-19-7-6-11(12(15)16)13-8-9-2-4-10(5-3-9)14(17)18/h2-5,11,13H,6-8H2,1H3,(H,15,16)/t11-/m1/s1.